The zero-order valence-corrected chi connectivity index (χ0v) is 15.0. The lowest BCUT2D eigenvalue weighted by Gasteiger charge is -2.15. The van der Waals surface area contributed by atoms with Crippen molar-refractivity contribution in [3.05, 3.63) is 57.7 Å². The lowest BCUT2D eigenvalue weighted by molar-refractivity contribution is -0.144. The highest BCUT2D eigenvalue weighted by Gasteiger charge is 2.36. The summed E-state index contributed by atoms with van der Waals surface area (Å²) in [6.45, 7) is -0.278. The summed E-state index contributed by atoms with van der Waals surface area (Å²) < 4.78 is 5.22. The minimum Gasteiger partial charge on any atom is -0.458 e. The molecule has 0 radical (unpaired) electrons. The van der Waals surface area contributed by atoms with E-state index in [1.165, 1.54) is 11.3 Å². The number of aromatic nitrogens is 1. The summed E-state index contributed by atoms with van der Waals surface area (Å²) in [7, 11) is 0. The first-order chi connectivity index (χ1) is 12.6. The van der Waals surface area contributed by atoms with Crippen molar-refractivity contribution in [2.24, 2.45) is 0 Å². The summed E-state index contributed by atoms with van der Waals surface area (Å²) in [6, 6.07) is 8.58. The molecule has 0 N–H and O–H groups in total. The maximum Gasteiger partial charge on any atom is 0.326 e. The average Bonchev–Trinajstić information content (AvgIpc) is 3.38. The quantitative estimate of drug-likeness (QED) is 0.499. The molecule has 0 saturated carbocycles. The van der Waals surface area contributed by atoms with E-state index in [-0.39, 0.29) is 13.2 Å². The second kappa shape index (κ2) is 6.81. The van der Waals surface area contributed by atoms with E-state index in [4.69, 9.17) is 4.74 Å². The monoisotopic (exact) mass is 384 g/mol. The third-order valence-corrected chi connectivity index (χ3v) is 5.49. The van der Waals surface area contributed by atoms with Gasteiger partial charge in [0.25, 0.3) is 11.7 Å². The van der Waals surface area contributed by atoms with Crippen molar-refractivity contribution in [2.45, 2.75) is 6.61 Å². The van der Waals surface area contributed by atoms with Crippen molar-refractivity contribution in [1.82, 2.24) is 4.98 Å². The Labute approximate surface area is 156 Å². The molecule has 1 aliphatic rings. The third-order valence-electron chi connectivity index (χ3n) is 3.87. The van der Waals surface area contributed by atoms with Crippen LogP contribution in [-0.2, 0) is 20.9 Å². The fourth-order valence-electron chi connectivity index (χ4n) is 2.63. The zero-order chi connectivity index (χ0) is 18.1. The van der Waals surface area contributed by atoms with Crippen LogP contribution in [0.25, 0.3) is 10.6 Å². The van der Waals surface area contributed by atoms with Crippen LogP contribution in [0.4, 0.5) is 5.69 Å². The number of thiazole rings is 1. The highest BCUT2D eigenvalue weighted by molar-refractivity contribution is 7.14. The van der Waals surface area contributed by atoms with Gasteiger partial charge in [0.1, 0.15) is 18.2 Å². The molecule has 1 aromatic carbocycles. The Kier molecular flexibility index (Phi) is 4.36. The van der Waals surface area contributed by atoms with E-state index in [0.29, 0.717) is 16.9 Å². The van der Waals surface area contributed by atoms with Gasteiger partial charge in [-0.1, -0.05) is 12.1 Å². The fraction of sp³-hybridized carbons (Fsp3) is 0.111. The summed E-state index contributed by atoms with van der Waals surface area (Å²) >= 11 is 3.07. The first-order valence-electron chi connectivity index (χ1n) is 7.71. The number of nitrogens with zero attached hydrogens (tertiary/aromatic N) is 2. The number of thiophene rings is 1. The van der Waals surface area contributed by atoms with Gasteiger partial charge >= 0.3 is 5.97 Å². The number of benzene rings is 1. The van der Waals surface area contributed by atoms with Crippen LogP contribution in [0.1, 0.15) is 16.1 Å². The van der Waals surface area contributed by atoms with Crippen LogP contribution in [0.2, 0.25) is 0 Å². The van der Waals surface area contributed by atoms with Crippen molar-refractivity contribution < 1.29 is 19.1 Å². The molecule has 4 rings (SSSR count). The van der Waals surface area contributed by atoms with E-state index in [1.54, 1.807) is 35.6 Å². The number of ketones is 1. The summed E-state index contributed by atoms with van der Waals surface area (Å²) in [5.74, 6) is -1.90. The SMILES string of the molecule is O=C(CN1C(=O)C(=O)c2ccccc21)OCc1csc(-c2ccsc2)n1. The molecule has 3 heterocycles. The van der Waals surface area contributed by atoms with E-state index in [0.717, 1.165) is 15.5 Å². The number of anilines is 1. The van der Waals surface area contributed by atoms with Gasteiger partial charge in [0, 0.05) is 16.3 Å². The van der Waals surface area contributed by atoms with E-state index in [1.807, 2.05) is 22.2 Å². The largest absolute Gasteiger partial charge is 0.458 e. The van der Waals surface area contributed by atoms with Crippen LogP contribution < -0.4 is 4.90 Å². The summed E-state index contributed by atoms with van der Waals surface area (Å²) in [6.07, 6.45) is 0. The van der Waals surface area contributed by atoms with Gasteiger partial charge in [-0.15, -0.1) is 11.3 Å². The second-order valence-electron chi connectivity index (χ2n) is 5.55. The number of rotatable bonds is 5. The Morgan fingerprint density at radius 1 is 1.15 bits per heavy atom. The smallest absolute Gasteiger partial charge is 0.326 e. The standard InChI is InChI=1S/C18H12N2O4S2/c21-15(7-20-14-4-2-1-3-13(14)16(22)18(20)23)24-8-12-10-26-17(19-12)11-5-6-25-9-11/h1-6,9-10H,7-8H2. The Morgan fingerprint density at radius 3 is 2.81 bits per heavy atom. The van der Waals surface area contributed by atoms with E-state index < -0.39 is 17.7 Å². The highest BCUT2D eigenvalue weighted by atomic mass is 32.1. The molecule has 130 valence electrons. The van der Waals surface area contributed by atoms with Gasteiger partial charge in [-0.25, -0.2) is 4.98 Å². The van der Waals surface area contributed by atoms with Gasteiger partial charge in [0.05, 0.1) is 16.9 Å². The van der Waals surface area contributed by atoms with E-state index in [9.17, 15) is 14.4 Å². The third kappa shape index (κ3) is 3.04. The van der Waals surface area contributed by atoms with Crippen LogP contribution in [0.5, 0.6) is 0 Å². The number of hydrogen-bond donors (Lipinski definition) is 0. The Hall–Kier alpha value is -2.84. The first-order valence-corrected chi connectivity index (χ1v) is 9.53. The number of fused-ring (bicyclic) bond motifs is 1. The number of Topliss-reactive ketones (excluding diaryl/α,β-unsaturated/α-hetero) is 1. The molecule has 0 unspecified atom stereocenters. The first kappa shape index (κ1) is 16.6. The molecule has 0 bridgehead atoms. The Bertz CT molecular complexity index is 994. The molecule has 0 aliphatic carbocycles. The Balaban J connectivity index is 1.39. The van der Waals surface area contributed by atoms with Gasteiger partial charge in [-0.2, -0.15) is 11.3 Å². The number of esters is 1. The van der Waals surface area contributed by atoms with Gasteiger partial charge < -0.3 is 4.74 Å². The molecule has 0 atom stereocenters. The predicted molar refractivity (Wildman–Crippen MR) is 98.3 cm³/mol. The van der Waals surface area contributed by atoms with Gasteiger partial charge in [0.2, 0.25) is 0 Å². The predicted octanol–water partition coefficient (Wildman–Crippen LogP) is 3.14. The van der Waals surface area contributed by atoms with Gasteiger partial charge in [-0.3, -0.25) is 19.3 Å². The van der Waals surface area contributed by atoms with Gasteiger partial charge in [-0.05, 0) is 23.6 Å². The molecular formula is C18H12N2O4S2. The topological polar surface area (TPSA) is 76.6 Å². The van der Waals surface area contributed by atoms with E-state index in [2.05, 4.69) is 4.98 Å². The molecule has 8 heteroatoms. The Morgan fingerprint density at radius 2 is 2.00 bits per heavy atom. The number of amides is 1. The minimum atomic E-state index is -0.712. The molecule has 0 spiro atoms. The maximum atomic E-state index is 12.1. The van der Waals surface area contributed by atoms with Crippen LogP contribution in [0, 0.1) is 0 Å². The van der Waals surface area contributed by atoms with Gasteiger partial charge in [0.15, 0.2) is 0 Å². The van der Waals surface area contributed by atoms with Crippen molar-refractivity contribution in [3.63, 3.8) is 0 Å². The molecule has 0 fully saturated rings. The van der Waals surface area contributed by atoms with Crippen molar-refractivity contribution in [2.75, 3.05) is 11.4 Å². The van der Waals surface area contributed by atoms with Crippen molar-refractivity contribution in [3.8, 4) is 10.6 Å². The molecule has 1 aliphatic heterocycles. The van der Waals surface area contributed by atoms with E-state index >= 15 is 0 Å². The number of carbonyl (C=O) groups is 3. The molecular weight excluding hydrogens is 372 g/mol. The lowest BCUT2D eigenvalue weighted by atomic mass is 10.1. The molecule has 26 heavy (non-hydrogen) atoms. The number of ether oxygens (including phenoxy) is 1. The number of carbonyl (C=O) groups excluding carboxylic acids is 3. The van der Waals surface area contributed by atoms with Crippen molar-refractivity contribution >= 4 is 46.0 Å². The van der Waals surface area contributed by atoms with Crippen LogP contribution >= 0.6 is 22.7 Å². The number of hydrogen-bond acceptors (Lipinski definition) is 7. The summed E-state index contributed by atoms with van der Waals surface area (Å²) in [4.78, 5) is 41.7. The fourth-order valence-corrected chi connectivity index (χ4v) is 4.14. The highest BCUT2D eigenvalue weighted by Crippen LogP contribution is 2.28. The van der Waals surface area contributed by atoms with Crippen LogP contribution in [0.15, 0.2) is 46.5 Å². The molecule has 6 nitrogen and oxygen atoms in total. The minimum absolute atomic E-state index is 0.0249. The van der Waals surface area contributed by atoms with Crippen LogP contribution in [-0.4, -0.2) is 29.2 Å². The molecule has 0 saturated heterocycles. The summed E-state index contributed by atoms with van der Waals surface area (Å²) in [5.41, 5.74) is 2.43. The lowest BCUT2D eigenvalue weighted by Crippen LogP contribution is -2.35. The maximum absolute atomic E-state index is 12.1. The van der Waals surface area contributed by atoms with Crippen LogP contribution in [0.3, 0.4) is 0 Å². The molecule has 3 aromatic rings. The normalized spacial score (nSPS) is 13.2. The zero-order valence-electron chi connectivity index (χ0n) is 13.4. The van der Waals surface area contributed by atoms with Crippen molar-refractivity contribution in [1.29, 1.82) is 0 Å². The molecule has 2 aromatic heterocycles. The summed E-state index contributed by atoms with van der Waals surface area (Å²) in [5, 5.41) is 6.68. The average molecular weight is 384 g/mol. The second-order valence-corrected chi connectivity index (χ2v) is 7.19. The molecule has 1 amide bonds. The number of para-hydroxylation sites is 1.